The van der Waals surface area contributed by atoms with Gasteiger partial charge in [0.2, 0.25) is 0 Å². The lowest BCUT2D eigenvalue weighted by Crippen LogP contribution is -2.38. The molecule has 0 saturated carbocycles. The fourth-order valence-corrected chi connectivity index (χ4v) is 2.51. The van der Waals surface area contributed by atoms with Crippen molar-refractivity contribution in [3.05, 3.63) is 21.3 Å². The van der Waals surface area contributed by atoms with Crippen LogP contribution in [0, 0.1) is 0 Å². The summed E-state index contributed by atoms with van der Waals surface area (Å²) in [5, 5.41) is 5.91. The number of hydrogen-bond donors (Lipinski definition) is 2. The highest BCUT2D eigenvalue weighted by atomic mass is 127. The topological polar surface area (TPSA) is 36.4 Å². The van der Waals surface area contributed by atoms with Gasteiger partial charge in [-0.2, -0.15) is 13.2 Å². The molecule has 1 heterocycles. The Morgan fingerprint density at radius 1 is 1.33 bits per heavy atom. The predicted molar refractivity (Wildman–Crippen MR) is 93.1 cm³/mol. The molecule has 0 radical (unpaired) electrons. The third kappa shape index (κ3) is 10.2. The van der Waals surface area contributed by atoms with Gasteiger partial charge in [-0.1, -0.05) is 11.6 Å². The van der Waals surface area contributed by atoms with Crippen LogP contribution in [0.25, 0.3) is 0 Å². The number of rotatable bonds is 6. The number of hydrogen-bond acceptors (Lipinski definition) is 2. The molecule has 0 spiro atoms. The summed E-state index contributed by atoms with van der Waals surface area (Å²) < 4.78 is 36.9. The molecule has 1 aromatic heterocycles. The molecule has 0 unspecified atom stereocenters. The molecule has 0 aliphatic heterocycles. The normalized spacial score (nSPS) is 12.0. The molecule has 3 nitrogen and oxygen atoms in total. The highest BCUT2D eigenvalue weighted by Crippen LogP contribution is 2.21. The van der Waals surface area contributed by atoms with E-state index in [1.807, 2.05) is 19.1 Å². The molecule has 0 atom stereocenters. The van der Waals surface area contributed by atoms with Gasteiger partial charge >= 0.3 is 6.18 Å². The molecule has 0 aromatic carbocycles. The third-order valence-electron chi connectivity index (χ3n) is 2.30. The lowest BCUT2D eigenvalue weighted by Gasteiger charge is -2.11. The molecular formula is C12H18ClF3IN3S. The van der Waals surface area contributed by atoms with Crippen molar-refractivity contribution in [3.63, 3.8) is 0 Å². The van der Waals surface area contributed by atoms with Crippen LogP contribution in [0.15, 0.2) is 17.1 Å². The first-order valence-electron chi connectivity index (χ1n) is 6.24. The second-order valence-corrected chi connectivity index (χ2v) is 5.81. The summed E-state index contributed by atoms with van der Waals surface area (Å²) in [6.45, 7) is 2.78. The minimum Gasteiger partial charge on any atom is -0.357 e. The predicted octanol–water partition coefficient (Wildman–Crippen LogP) is 4.07. The zero-order valence-corrected chi connectivity index (χ0v) is 15.4. The van der Waals surface area contributed by atoms with Crippen LogP contribution < -0.4 is 10.6 Å². The van der Waals surface area contributed by atoms with Crippen LogP contribution in [-0.4, -0.2) is 31.8 Å². The zero-order chi connectivity index (χ0) is 15.0. The number of guanidine groups is 1. The van der Waals surface area contributed by atoms with Gasteiger partial charge in [0.15, 0.2) is 5.96 Å². The van der Waals surface area contributed by atoms with Gasteiger partial charge < -0.3 is 10.6 Å². The molecule has 0 fully saturated rings. The molecule has 9 heteroatoms. The van der Waals surface area contributed by atoms with Crippen molar-refractivity contribution in [2.24, 2.45) is 4.99 Å². The Balaban J connectivity index is 0.00000400. The molecule has 0 bridgehead atoms. The van der Waals surface area contributed by atoms with E-state index in [0.29, 0.717) is 19.0 Å². The van der Waals surface area contributed by atoms with Crippen molar-refractivity contribution < 1.29 is 13.2 Å². The van der Waals surface area contributed by atoms with Crippen molar-refractivity contribution in [3.8, 4) is 0 Å². The van der Waals surface area contributed by atoms with E-state index in [2.05, 4.69) is 15.6 Å². The maximum absolute atomic E-state index is 12.0. The Labute approximate surface area is 148 Å². The molecule has 122 valence electrons. The average molecular weight is 456 g/mol. The lowest BCUT2D eigenvalue weighted by atomic mass is 10.3. The van der Waals surface area contributed by atoms with Crippen LogP contribution in [-0.2, 0) is 6.42 Å². The first-order valence-corrected chi connectivity index (χ1v) is 7.43. The van der Waals surface area contributed by atoms with Crippen molar-refractivity contribution >= 4 is 52.9 Å². The first-order chi connectivity index (χ1) is 9.40. The fraction of sp³-hybridized carbons (Fsp3) is 0.583. The summed E-state index contributed by atoms with van der Waals surface area (Å²) in [7, 11) is 0. The van der Waals surface area contributed by atoms with Crippen LogP contribution in [0.5, 0.6) is 0 Å². The lowest BCUT2D eigenvalue weighted by molar-refractivity contribution is -0.132. The summed E-state index contributed by atoms with van der Waals surface area (Å²) in [4.78, 5) is 5.01. The molecule has 1 aromatic rings. The van der Waals surface area contributed by atoms with Gasteiger partial charge in [0, 0.05) is 18.0 Å². The Morgan fingerprint density at radius 2 is 2.05 bits per heavy atom. The third-order valence-corrected chi connectivity index (χ3v) is 3.59. The molecular weight excluding hydrogens is 438 g/mol. The molecule has 1 rings (SSSR count). The molecule has 0 amide bonds. The number of halogens is 5. The Bertz CT molecular complexity index is 438. The van der Waals surface area contributed by atoms with Gasteiger partial charge in [-0.3, -0.25) is 4.99 Å². The quantitative estimate of drug-likeness (QED) is 0.385. The van der Waals surface area contributed by atoms with E-state index < -0.39 is 12.6 Å². The standard InChI is InChI=1S/C12H17ClF3N3S.HI/c1-2-17-11(19-8-6-12(14,15)16)18-7-5-9-3-4-10(13)20-9;/h3-4H,2,5-8H2,1H3,(H2,17,18,19);1H. The van der Waals surface area contributed by atoms with Gasteiger partial charge in [-0.15, -0.1) is 35.3 Å². The minimum absolute atomic E-state index is 0. The van der Waals surface area contributed by atoms with Crippen molar-refractivity contribution in [2.45, 2.75) is 25.9 Å². The Morgan fingerprint density at radius 3 is 2.57 bits per heavy atom. The summed E-state index contributed by atoms with van der Waals surface area (Å²) in [5.41, 5.74) is 0. The van der Waals surface area contributed by atoms with Gasteiger partial charge in [-0.25, -0.2) is 0 Å². The van der Waals surface area contributed by atoms with Gasteiger partial charge in [-0.05, 0) is 25.5 Å². The van der Waals surface area contributed by atoms with E-state index in [-0.39, 0.29) is 30.5 Å². The van der Waals surface area contributed by atoms with E-state index in [1.54, 1.807) is 0 Å². The maximum atomic E-state index is 12.0. The minimum atomic E-state index is -4.17. The summed E-state index contributed by atoms with van der Waals surface area (Å²) in [6, 6.07) is 3.76. The number of nitrogens with zero attached hydrogens (tertiary/aromatic N) is 1. The first kappa shape index (κ1) is 20.8. The molecule has 0 saturated heterocycles. The number of thiophene rings is 1. The van der Waals surface area contributed by atoms with Crippen LogP contribution in [0.2, 0.25) is 4.34 Å². The second-order valence-electron chi connectivity index (χ2n) is 4.01. The van der Waals surface area contributed by atoms with Crippen LogP contribution in [0.3, 0.4) is 0 Å². The Kier molecular flexibility index (Phi) is 10.4. The summed E-state index contributed by atoms with van der Waals surface area (Å²) in [5.74, 6) is 0.402. The average Bonchev–Trinajstić information content (AvgIpc) is 2.73. The van der Waals surface area contributed by atoms with E-state index in [4.69, 9.17) is 11.6 Å². The van der Waals surface area contributed by atoms with Gasteiger partial charge in [0.25, 0.3) is 0 Å². The molecule has 0 aliphatic carbocycles. The summed E-state index contributed by atoms with van der Waals surface area (Å²) >= 11 is 7.31. The Hall–Kier alpha value is -0.220. The molecule has 21 heavy (non-hydrogen) atoms. The number of nitrogens with one attached hydrogen (secondary N) is 2. The SMILES string of the molecule is CCNC(=NCCC(F)(F)F)NCCc1ccc(Cl)s1.I. The molecule has 0 aliphatic rings. The van der Waals surface area contributed by atoms with Crippen LogP contribution >= 0.6 is 46.9 Å². The van der Waals surface area contributed by atoms with Crippen molar-refractivity contribution in [1.29, 1.82) is 0 Å². The van der Waals surface area contributed by atoms with E-state index >= 15 is 0 Å². The van der Waals surface area contributed by atoms with E-state index in [9.17, 15) is 13.2 Å². The molecule has 2 N–H and O–H groups in total. The second kappa shape index (κ2) is 10.5. The van der Waals surface area contributed by atoms with E-state index in [0.717, 1.165) is 15.6 Å². The number of alkyl halides is 3. The van der Waals surface area contributed by atoms with Crippen molar-refractivity contribution in [1.82, 2.24) is 10.6 Å². The fourth-order valence-electron chi connectivity index (χ4n) is 1.43. The highest BCUT2D eigenvalue weighted by molar-refractivity contribution is 14.0. The monoisotopic (exact) mass is 455 g/mol. The van der Waals surface area contributed by atoms with Crippen molar-refractivity contribution in [2.75, 3.05) is 19.6 Å². The summed E-state index contributed by atoms with van der Waals surface area (Å²) in [6.07, 6.45) is -4.33. The van der Waals surface area contributed by atoms with Gasteiger partial charge in [0.05, 0.1) is 17.3 Å². The van der Waals surface area contributed by atoms with Crippen LogP contribution in [0.1, 0.15) is 18.2 Å². The number of aliphatic imine (C=N–C) groups is 1. The van der Waals surface area contributed by atoms with Crippen LogP contribution in [0.4, 0.5) is 13.2 Å². The largest absolute Gasteiger partial charge is 0.390 e. The van der Waals surface area contributed by atoms with Gasteiger partial charge in [0.1, 0.15) is 0 Å². The zero-order valence-electron chi connectivity index (χ0n) is 11.5. The van der Waals surface area contributed by atoms with E-state index in [1.165, 1.54) is 11.3 Å². The maximum Gasteiger partial charge on any atom is 0.390 e. The smallest absolute Gasteiger partial charge is 0.357 e. The highest BCUT2D eigenvalue weighted by Gasteiger charge is 2.26.